The van der Waals surface area contributed by atoms with Crippen molar-refractivity contribution in [3.05, 3.63) is 35.1 Å². The fourth-order valence-corrected chi connectivity index (χ4v) is 1.91. The minimum Gasteiger partial charge on any atom is -0.352 e. The molecule has 0 radical (unpaired) electrons. The molecule has 1 amide bonds. The summed E-state index contributed by atoms with van der Waals surface area (Å²) in [5, 5.41) is 2.90. The van der Waals surface area contributed by atoms with E-state index in [1.807, 2.05) is 0 Å². The Morgan fingerprint density at radius 1 is 1.50 bits per heavy atom. The SMILES string of the molecule is Cc1cc(F)ccc1C(=O)NCC1CCC1. The molecule has 0 spiro atoms. The number of carbonyl (C=O) groups is 1. The molecule has 0 heterocycles. The number of hydrogen-bond donors (Lipinski definition) is 1. The third kappa shape index (κ3) is 2.40. The Morgan fingerprint density at radius 3 is 2.81 bits per heavy atom. The van der Waals surface area contributed by atoms with E-state index in [0.29, 0.717) is 17.0 Å². The van der Waals surface area contributed by atoms with Crippen molar-refractivity contribution in [3.8, 4) is 0 Å². The fraction of sp³-hybridized carbons (Fsp3) is 0.462. The van der Waals surface area contributed by atoms with Gasteiger partial charge in [0.1, 0.15) is 5.82 Å². The smallest absolute Gasteiger partial charge is 0.251 e. The maximum absolute atomic E-state index is 12.9. The lowest BCUT2D eigenvalue weighted by atomic mass is 9.85. The number of benzene rings is 1. The largest absolute Gasteiger partial charge is 0.352 e. The van der Waals surface area contributed by atoms with Crippen LogP contribution in [0.2, 0.25) is 0 Å². The molecule has 86 valence electrons. The summed E-state index contributed by atoms with van der Waals surface area (Å²) >= 11 is 0. The number of rotatable bonds is 3. The van der Waals surface area contributed by atoms with Crippen molar-refractivity contribution in [2.75, 3.05) is 6.54 Å². The van der Waals surface area contributed by atoms with E-state index in [4.69, 9.17) is 0 Å². The predicted octanol–water partition coefficient (Wildman–Crippen LogP) is 2.66. The van der Waals surface area contributed by atoms with Crippen LogP contribution in [0.5, 0.6) is 0 Å². The molecule has 0 saturated heterocycles. The number of halogens is 1. The molecule has 1 saturated carbocycles. The van der Waals surface area contributed by atoms with Gasteiger partial charge in [0, 0.05) is 12.1 Å². The molecular weight excluding hydrogens is 205 g/mol. The van der Waals surface area contributed by atoms with E-state index in [0.717, 1.165) is 6.54 Å². The van der Waals surface area contributed by atoms with E-state index in [9.17, 15) is 9.18 Å². The van der Waals surface area contributed by atoms with Gasteiger partial charge in [0.05, 0.1) is 0 Å². The van der Waals surface area contributed by atoms with Crippen molar-refractivity contribution in [2.24, 2.45) is 5.92 Å². The lowest BCUT2D eigenvalue weighted by Crippen LogP contribution is -2.32. The molecule has 0 aliphatic heterocycles. The van der Waals surface area contributed by atoms with Crippen LogP contribution in [-0.2, 0) is 0 Å². The van der Waals surface area contributed by atoms with Gasteiger partial charge in [-0.15, -0.1) is 0 Å². The number of aryl methyl sites for hydroxylation is 1. The van der Waals surface area contributed by atoms with Gasteiger partial charge < -0.3 is 5.32 Å². The summed E-state index contributed by atoms with van der Waals surface area (Å²) in [6.07, 6.45) is 3.70. The first kappa shape index (κ1) is 11.1. The van der Waals surface area contributed by atoms with Crippen molar-refractivity contribution in [1.82, 2.24) is 5.32 Å². The molecule has 0 atom stereocenters. The lowest BCUT2D eigenvalue weighted by molar-refractivity contribution is 0.0938. The molecular formula is C13H16FNO. The van der Waals surface area contributed by atoms with Crippen LogP contribution in [0.3, 0.4) is 0 Å². The molecule has 3 heteroatoms. The van der Waals surface area contributed by atoms with Crippen molar-refractivity contribution < 1.29 is 9.18 Å². The molecule has 1 aliphatic rings. The highest BCUT2D eigenvalue weighted by Crippen LogP contribution is 2.25. The van der Waals surface area contributed by atoms with Gasteiger partial charge in [-0.25, -0.2) is 4.39 Å². The first-order valence-electron chi connectivity index (χ1n) is 5.71. The molecule has 16 heavy (non-hydrogen) atoms. The summed E-state index contributed by atoms with van der Waals surface area (Å²) < 4.78 is 12.9. The van der Waals surface area contributed by atoms with Gasteiger partial charge in [-0.1, -0.05) is 6.42 Å². The van der Waals surface area contributed by atoms with Gasteiger partial charge in [0.15, 0.2) is 0 Å². The quantitative estimate of drug-likeness (QED) is 0.835. The highest BCUT2D eigenvalue weighted by atomic mass is 19.1. The standard InChI is InChI=1S/C13H16FNO/c1-9-7-11(14)5-6-12(9)13(16)15-8-10-3-2-4-10/h5-7,10H,2-4,8H2,1H3,(H,15,16). The molecule has 1 fully saturated rings. The molecule has 0 bridgehead atoms. The van der Waals surface area contributed by atoms with Crippen LogP contribution < -0.4 is 5.32 Å². The first-order chi connectivity index (χ1) is 7.66. The third-order valence-electron chi connectivity index (χ3n) is 3.21. The zero-order chi connectivity index (χ0) is 11.5. The molecule has 0 aromatic heterocycles. The second-order valence-electron chi connectivity index (χ2n) is 4.47. The summed E-state index contributed by atoms with van der Waals surface area (Å²) in [5.74, 6) is 0.252. The second kappa shape index (κ2) is 4.64. The molecule has 1 aromatic rings. The second-order valence-corrected chi connectivity index (χ2v) is 4.47. The molecule has 2 nitrogen and oxygen atoms in total. The molecule has 1 aromatic carbocycles. The van der Waals surface area contributed by atoms with Crippen molar-refractivity contribution in [2.45, 2.75) is 26.2 Å². The predicted molar refractivity (Wildman–Crippen MR) is 60.8 cm³/mol. The van der Waals surface area contributed by atoms with Crippen molar-refractivity contribution in [1.29, 1.82) is 0 Å². The van der Waals surface area contributed by atoms with Gasteiger partial charge in [-0.3, -0.25) is 4.79 Å². The van der Waals surface area contributed by atoms with E-state index < -0.39 is 0 Å². The molecule has 0 unspecified atom stereocenters. The zero-order valence-electron chi connectivity index (χ0n) is 9.42. The van der Waals surface area contributed by atoms with Crippen LogP contribution in [0.15, 0.2) is 18.2 Å². The maximum Gasteiger partial charge on any atom is 0.251 e. The Bertz CT molecular complexity index is 399. The number of nitrogens with one attached hydrogen (secondary N) is 1. The van der Waals surface area contributed by atoms with Crippen LogP contribution in [0.25, 0.3) is 0 Å². The molecule has 2 rings (SSSR count). The Balaban J connectivity index is 1.96. The highest BCUT2D eigenvalue weighted by molar-refractivity contribution is 5.95. The fourth-order valence-electron chi connectivity index (χ4n) is 1.91. The van der Waals surface area contributed by atoms with Crippen LogP contribution in [0.4, 0.5) is 4.39 Å². The third-order valence-corrected chi connectivity index (χ3v) is 3.21. The van der Waals surface area contributed by atoms with Gasteiger partial charge in [-0.05, 0) is 49.4 Å². The monoisotopic (exact) mass is 221 g/mol. The summed E-state index contributed by atoms with van der Waals surface area (Å²) in [5.41, 5.74) is 1.26. The van der Waals surface area contributed by atoms with E-state index >= 15 is 0 Å². The maximum atomic E-state index is 12.9. The Morgan fingerprint density at radius 2 is 2.25 bits per heavy atom. The average Bonchev–Trinajstić information content (AvgIpc) is 2.14. The topological polar surface area (TPSA) is 29.1 Å². The van der Waals surface area contributed by atoms with Crippen LogP contribution in [-0.4, -0.2) is 12.5 Å². The van der Waals surface area contributed by atoms with Crippen LogP contribution in [0.1, 0.15) is 35.2 Å². The summed E-state index contributed by atoms with van der Waals surface area (Å²) in [6, 6.07) is 4.25. The van der Waals surface area contributed by atoms with Crippen molar-refractivity contribution in [3.63, 3.8) is 0 Å². The molecule has 1 N–H and O–H groups in total. The van der Waals surface area contributed by atoms with Crippen LogP contribution >= 0.6 is 0 Å². The van der Waals surface area contributed by atoms with E-state index in [1.165, 1.54) is 31.4 Å². The lowest BCUT2D eigenvalue weighted by Gasteiger charge is -2.25. The van der Waals surface area contributed by atoms with Gasteiger partial charge in [-0.2, -0.15) is 0 Å². The minimum absolute atomic E-state index is 0.0931. The summed E-state index contributed by atoms with van der Waals surface area (Å²) in [4.78, 5) is 11.8. The van der Waals surface area contributed by atoms with Crippen LogP contribution in [0, 0.1) is 18.7 Å². The number of hydrogen-bond acceptors (Lipinski definition) is 1. The first-order valence-corrected chi connectivity index (χ1v) is 5.71. The molecule has 1 aliphatic carbocycles. The summed E-state index contributed by atoms with van der Waals surface area (Å²) in [7, 11) is 0. The zero-order valence-corrected chi connectivity index (χ0v) is 9.42. The van der Waals surface area contributed by atoms with Gasteiger partial charge in [0.2, 0.25) is 0 Å². The highest BCUT2D eigenvalue weighted by Gasteiger charge is 2.18. The Hall–Kier alpha value is -1.38. The summed E-state index contributed by atoms with van der Waals surface area (Å²) in [6.45, 7) is 2.50. The van der Waals surface area contributed by atoms with E-state index in [2.05, 4.69) is 5.32 Å². The number of amides is 1. The average molecular weight is 221 g/mol. The van der Waals surface area contributed by atoms with Crippen molar-refractivity contribution >= 4 is 5.91 Å². The Kier molecular flexibility index (Phi) is 3.22. The normalized spacial score (nSPS) is 15.6. The Labute approximate surface area is 94.9 Å². The van der Waals surface area contributed by atoms with Gasteiger partial charge >= 0.3 is 0 Å². The van der Waals surface area contributed by atoms with Gasteiger partial charge in [0.25, 0.3) is 5.91 Å². The van der Waals surface area contributed by atoms with E-state index in [-0.39, 0.29) is 11.7 Å². The van der Waals surface area contributed by atoms with E-state index in [1.54, 1.807) is 13.0 Å². The minimum atomic E-state index is -0.298. The number of carbonyl (C=O) groups excluding carboxylic acids is 1.